The van der Waals surface area contributed by atoms with Gasteiger partial charge in [-0.05, 0) is 68.2 Å². The van der Waals surface area contributed by atoms with E-state index in [1.54, 1.807) is 42.8 Å². The molecule has 1 fully saturated rings. The number of methoxy groups -OCH3 is 2. The molecule has 1 N–H and O–H groups in total. The molecule has 1 aliphatic carbocycles. The van der Waals surface area contributed by atoms with E-state index in [0.717, 1.165) is 42.1 Å². The number of fused-ring (bicyclic) bond motifs is 3. The Hall–Kier alpha value is -3.19. The Morgan fingerprint density at radius 2 is 1.85 bits per heavy atom. The molecule has 2 aliphatic rings. The fraction of sp³-hybridized carbons (Fsp3) is 0.393. The maximum atomic E-state index is 13.3. The van der Waals surface area contributed by atoms with Crippen molar-refractivity contribution in [1.82, 2.24) is 18.9 Å². The van der Waals surface area contributed by atoms with Gasteiger partial charge in [0.25, 0.3) is 5.91 Å². The smallest absolute Gasteiger partial charge is 0.256 e. The average Bonchev–Trinajstić information content (AvgIpc) is 3.40. The monoisotopic (exact) mass is 583 g/mol. The molecule has 0 spiro atoms. The van der Waals surface area contributed by atoms with Crippen LogP contribution >= 0.6 is 11.8 Å². The van der Waals surface area contributed by atoms with Crippen molar-refractivity contribution in [1.29, 1.82) is 0 Å². The highest BCUT2D eigenvalue weighted by Gasteiger charge is 2.29. The zero-order valence-corrected chi connectivity index (χ0v) is 24.6. The molecular formula is C28H33N5O5S2. The van der Waals surface area contributed by atoms with Gasteiger partial charge < -0.3 is 14.0 Å². The van der Waals surface area contributed by atoms with Crippen LogP contribution in [0.3, 0.4) is 0 Å². The molecule has 40 heavy (non-hydrogen) atoms. The van der Waals surface area contributed by atoms with Crippen LogP contribution < -0.4 is 9.47 Å². The summed E-state index contributed by atoms with van der Waals surface area (Å²) >= 11 is 1.24. The number of pyridine rings is 1. The molecule has 0 saturated carbocycles. The van der Waals surface area contributed by atoms with Crippen LogP contribution in [-0.2, 0) is 14.8 Å². The average molecular weight is 584 g/mol. The van der Waals surface area contributed by atoms with Crippen molar-refractivity contribution in [3.63, 3.8) is 0 Å². The number of aliphatic imine (C=N–C) groups is 1. The molecule has 5 rings (SSSR count). The predicted octanol–water partition coefficient (Wildman–Crippen LogP) is 4.50. The molecule has 0 radical (unpaired) electrons. The van der Waals surface area contributed by atoms with Gasteiger partial charge >= 0.3 is 0 Å². The summed E-state index contributed by atoms with van der Waals surface area (Å²) < 4.78 is 38.8. The van der Waals surface area contributed by atoms with E-state index in [1.165, 1.54) is 11.8 Å². The molecule has 1 amide bonds. The summed E-state index contributed by atoms with van der Waals surface area (Å²) in [5.74, 6) is 0.900. The van der Waals surface area contributed by atoms with Gasteiger partial charge in [-0.25, -0.2) is 13.5 Å². The highest BCUT2D eigenvalue weighted by molar-refractivity contribution is 7.99. The third-order valence-electron chi connectivity index (χ3n) is 7.22. The van der Waals surface area contributed by atoms with E-state index in [1.807, 2.05) is 36.4 Å². The van der Waals surface area contributed by atoms with Crippen LogP contribution in [0.15, 0.2) is 52.7 Å². The van der Waals surface area contributed by atoms with Crippen LogP contribution in [0.25, 0.3) is 16.6 Å². The number of carbonyl (C=O) groups excluding carboxylic acids is 1. The number of allylic oxidation sites excluding steroid dienone is 4. The number of benzene rings is 1. The van der Waals surface area contributed by atoms with Crippen molar-refractivity contribution in [3.05, 3.63) is 48.1 Å². The van der Waals surface area contributed by atoms with E-state index in [2.05, 4.69) is 15.2 Å². The maximum Gasteiger partial charge on any atom is 0.256 e. The lowest BCUT2D eigenvalue weighted by molar-refractivity contribution is -0.115. The molecule has 0 bridgehead atoms. The number of piperidine rings is 1. The minimum atomic E-state index is -3.34. The Morgan fingerprint density at radius 1 is 1.12 bits per heavy atom. The number of hydrogen-bond donors (Lipinski definition) is 1. The van der Waals surface area contributed by atoms with Crippen LogP contribution in [0.1, 0.15) is 38.2 Å². The van der Waals surface area contributed by atoms with E-state index >= 15 is 0 Å². The second kappa shape index (κ2) is 11.7. The van der Waals surface area contributed by atoms with Crippen LogP contribution in [0, 0.1) is 6.92 Å². The molecular weight excluding hydrogens is 550 g/mol. The van der Waals surface area contributed by atoms with E-state index < -0.39 is 9.99 Å². The van der Waals surface area contributed by atoms with E-state index in [9.17, 15) is 13.6 Å². The topological polar surface area (TPSA) is 119 Å². The second-order valence-electron chi connectivity index (χ2n) is 9.72. The highest BCUT2D eigenvalue weighted by atomic mass is 32.2. The third-order valence-corrected chi connectivity index (χ3v) is 10.1. The first kappa shape index (κ1) is 28.3. The molecule has 1 unspecified atom stereocenters. The summed E-state index contributed by atoms with van der Waals surface area (Å²) in [5, 5.41) is 10.1. The number of thioether (sulfide) groups is 1. The number of amides is 1. The number of rotatable bonds is 7. The van der Waals surface area contributed by atoms with Gasteiger partial charge in [0.05, 0.1) is 36.1 Å². The summed E-state index contributed by atoms with van der Waals surface area (Å²) in [6.45, 7) is 4.60. The van der Waals surface area contributed by atoms with E-state index in [-0.39, 0.29) is 17.7 Å². The zero-order valence-electron chi connectivity index (χ0n) is 23.0. The summed E-state index contributed by atoms with van der Waals surface area (Å²) in [4.78, 5) is 17.3. The Labute approximate surface area is 238 Å². The van der Waals surface area contributed by atoms with Crippen molar-refractivity contribution in [2.24, 2.45) is 4.99 Å². The standard InChI is InChI=1S/C28H33N5O5S2/c1-5-21-8-6-7-13-32(21)40(35,36)22-11-9-20(10-12-22)29-26(34)17-39-28-31-30-27-18(2)14-19-15-24(37-3)25(38-4)16-23(19)33(27)28/h9-12,14-16,21H,5-8,13,17H2,1-4H3,(H,35,36)/t21-/m1/s1. The van der Waals surface area contributed by atoms with Crippen molar-refractivity contribution in [3.8, 4) is 11.5 Å². The van der Waals surface area contributed by atoms with E-state index in [4.69, 9.17) is 9.47 Å². The molecule has 3 heterocycles. The first-order valence-electron chi connectivity index (χ1n) is 13.2. The van der Waals surface area contributed by atoms with Gasteiger partial charge in [-0.2, -0.15) is 0 Å². The van der Waals surface area contributed by atoms with Crippen molar-refractivity contribution in [2.45, 2.75) is 50.7 Å². The zero-order chi connectivity index (χ0) is 28.4. The molecule has 1 aliphatic heterocycles. The lowest BCUT2D eigenvalue weighted by atomic mass is 10.0. The van der Waals surface area contributed by atoms with Gasteiger partial charge in [0.15, 0.2) is 32.3 Å². The Morgan fingerprint density at radius 3 is 2.55 bits per heavy atom. The molecule has 1 aromatic carbocycles. The molecule has 212 valence electrons. The Balaban J connectivity index is 1.35. The number of ether oxygens (including phenoxy) is 2. The molecule has 1 saturated heterocycles. The molecule has 2 atom stereocenters. The first-order chi connectivity index (χ1) is 19.3. The van der Waals surface area contributed by atoms with Crippen LogP contribution in [0.5, 0.6) is 11.5 Å². The summed E-state index contributed by atoms with van der Waals surface area (Å²) in [6, 6.07) is 5.87. The molecule has 10 nitrogen and oxygen atoms in total. The maximum absolute atomic E-state index is 13.3. The summed E-state index contributed by atoms with van der Waals surface area (Å²) in [5.41, 5.74) is 2.89. The lowest BCUT2D eigenvalue weighted by Gasteiger charge is -2.35. The van der Waals surface area contributed by atoms with E-state index in [0.29, 0.717) is 39.4 Å². The predicted molar refractivity (Wildman–Crippen MR) is 160 cm³/mol. The van der Waals surface area contributed by atoms with Gasteiger partial charge in [0.2, 0.25) is 0 Å². The van der Waals surface area contributed by atoms with Crippen LogP contribution in [0.2, 0.25) is 0 Å². The minimum absolute atomic E-state index is 0.0496. The van der Waals surface area contributed by atoms with Gasteiger partial charge in [0, 0.05) is 24.0 Å². The number of nitrogens with zero attached hydrogens (tertiary/aromatic N) is 5. The largest absolute Gasteiger partial charge is 0.493 e. The number of aryl methyl sites for hydroxylation is 1. The highest BCUT2D eigenvalue weighted by Crippen LogP contribution is 2.35. The fourth-order valence-corrected chi connectivity index (χ4v) is 7.70. The quantitative estimate of drug-likeness (QED) is 0.319. The van der Waals surface area contributed by atoms with Crippen LogP contribution in [0.4, 0.5) is 0 Å². The van der Waals surface area contributed by atoms with Gasteiger partial charge in [-0.1, -0.05) is 25.1 Å². The van der Waals surface area contributed by atoms with Gasteiger partial charge in [-0.15, -0.1) is 10.2 Å². The molecule has 3 aromatic rings. The minimum Gasteiger partial charge on any atom is -0.493 e. The number of aromatic nitrogens is 3. The normalized spacial score (nSPS) is 19.3. The molecule has 2 aromatic heterocycles. The second-order valence-corrected chi connectivity index (χ2v) is 12.6. The van der Waals surface area contributed by atoms with Gasteiger partial charge in [-0.3, -0.25) is 9.20 Å². The SMILES string of the molecule is CC[C@@H]1CCCCN1S(=O)(O)=C1C=CC(=NC(=O)CSc2nnc3c(C)cc4cc(OC)c(OC)cc4n23)C=C1. The van der Waals surface area contributed by atoms with Crippen LogP contribution in [-0.4, -0.2) is 76.7 Å². The van der Waals surface area contributed by atoms with Crippen molar-refractivity contribution < 1.29 is 23.0 Å². The Bertz CT molecular complexity index is 1670. The first-order valence-corrected chi connectivity index (χ1v) is 15.6. The third kappa shape index (κ3) is 5.40. The summed E-state index contributed by atoms with van der Waals surface area (Å²) in [6.07, 6.45) is 10.1. The number of hydrogen-bond acceptors (Lipinski definition) is 7. The lowest BCUT2D eigenvalue weighted by Crippen LogP contribution is -2.45. The number of carbonyl (C=O) groups is 1. The fourth-order valence-electron chi connectivity index (χ4n) is 5.17. The van der Waals surface area contributed by atoms with Crippen molar-refractivity contribution >= 4 is 54.8 Å². The Kier molecular flexibility index (Phi) is 8.31. The summed E-state index contributed by atoms with van der Waals surface area (Å²) in [7, 11) is -0.167. The van der Waals surface area contributed by atoms with Crippen molar-refractivity contribution in [2.75, 3.05) is 26.5 Å². The molecule has 12 heteroatoms. The van der Waals surface area contributed by atoms with Gasteiger partial charge in [0.1, 0.15) is 0 Å².